The topological polar surface area (TPSA) is 64.4 Å². The van der Waals surface area contributed by atoms with Crippen molar-refractivity contribution in [2.75, 3.05) is 13.2 Å². The van der Waals surface area contributed by atoms with Crippen LogP contribution >= 0.6 is 0 Å². The van der Waals surface area contributed by atoms with Crippen molar-refractivity contribution in [1.29, 1.82) is 0 Å². The van der Waals surface area contributed by atoms with E-state index < -0.39 is 0 Å². The molecule has 19 heavy (non-hydrogen) atoms. The van der Waals surface area contributed by atoms with Crippen LogP contribution < -0.4 is 11.1 Å². The molecular weight excluding hydrogens is 240 g/mol. The van der Waals surface area contributed by atoms with Gasteiger partial charge in [-0.25, -0.2) is 0 Å². The molecular formula is C15H22N2O2. The number of carbonyl (C=O) groups excluding carboxylic acids is 1. The maximum Gasteiger partial charge on any atom is 0.223 e. The lowest BCUT2D eigenvalue weighted by Gasteiger charge is -2.11. The van der Waals surface area contributed by atoms with Crippen LogP contribution in [0.2, 0.25) is 0 Å². The molecule has 1 fully saturated rings. The first-order chi connectivity index (χ1) is 9.25. The highest BCUT2D eigenvalue weighted by atomic mass is 16.5. The van der Waals surface area contributed by atoms with Crippen LogP contribution in [0, 0.1) is 5.92 Å². The summed E-state index contributed by atoms with van der Waals surface area (Å²) in [6.45, 7) is 1.70. The van der Waals surface area contributed by atoms with E-state index in [2.05, 4.69) is 5.32 Å². The maximum atomic E-state index is 11.8. The largest absolute Gasteiger partial charge is 0.375 e. The van der Waals surface area contributed by atoms with Crippen LogP contribution in [-0.4, -0.2) is 25.1 Å². The Morgan fingerprint density at radius 1 is 1.32 bits per heavy atom. The van der Waals surface area contributed by atoms with Gasteiger partial charge in [-0.1, -0.05) is 30.3 Å². The Morgan fingerprint density at radius 3 is 2.79 bits per heavy atom. The molecule has 0 saturated heterocycles. The Bertz CT molecular complexity index is 394. The summed E-state index contributed by atoms with van der Waals surface area (Å²) in [7, 11) is 0. The van der Waals surface area contributed by atoms with Crippen LogP contribution in [0.4, 0.5) is 0 Å². The van der Waals surface area contributed by atoms with E-state index in [4.69, 9.17) is 10.5 Å². The Hall–Kier alpha value is -1.39. The van der Waals surface area contributed by atoms with Crippen molar-refractivity contribution in [2.45, 2.75) is 31.9 Å². The van der Waals surface area contributed by atoms with Crippen molar-refractivity contribution in [3.8, 4) is 0 Å². The molecule has 1 saturated carbocycles. The van der Waals surface area contributed by atoms with Gasteiger partial charge in [0.1, 0.15) is 0 Å². The van der Waals surface area contributed by atoms with Gasteiger partial charge in [0, 0.05) is 18.5 Å². The average molecular weight is 262 g/mol. The SMILES string of the molecule is NC1CCC(C(=O)NCCOCc2ccccc2)C1. The highest BCUT2D eigenvalue weighted by Crippen LogP contribution is 2.23. The Morgan fingerprint density at radius 2 is 2.11 bits per heavy atom. The first-order valence-corrected chi connectivity index (χ1v) is 6.90. The summed E-state index contributed by atoms with van der Waals surface area (Å²) in [5, 5.41) is 2.91. The van der Waals surface area contributed by atoms with Crippen LogP contribution in [0.25, 0.3) is 0 Å². The number of carbonyl (C=O) groups is 1. The fourth-order valence-corrected chi connectivity index (χ4v) is 2.41. The van der Waals surface area contributed by atoms with Crippen LogP contribution in [0.3, 0.4) is 0 Å². The molecule has 1 aliphatic rings. The molecule has 1 aromatic carbocycles. The minimum Gasteiger partial charge on any atom is -0.375 e. The summed E-state index contributed by atoms with van der Waals surface area (Å²) in [6.07, 6.45) is 2.69. The molecule has 0 bridgehead atoms. The monoisotopic (exact) mass is 262 g/mol. The van der Waals surface area contributed by atoms with Crippen molar-refractivity contribution in [2.24, 2.45) is 11.7 Å². The summed E-state index contributed by atoms with van der Waals surface area (Å²) >= 11 is 0. The zero-order valence-corrected chi connectivity index (χ0v) is 11.2. The number of ether oxygens (including phenoxy) is 1. The highest BCUT2D eigenvalue weighted by Gasteiger charge is 2.27. The van der Waals surface area contributed by atoms with Gasteiger partial charge in [-0.15, -0.1) is 0 Å². The van der Waals surface area contributed by atoms with E-state index in [1.54, 1.807) is 0 Å². The normalized spacial score (nSPS) is 22.4. The molecule has 0 spiro atoms. The first kappa shape index (κ1) is 14.0. The molecule has 4 nitrogen and oxygen atoms in total. The van der Waals surface area contributed by atoms with Gasteiger partial charge >= 0.3 is 0 Å². The first-order valence-electron chi connectivity index (χ1n) is 6.90. The molecule has 0 aliphatic heterocycles. The van der Waals surface area contributed by atoms with Gasteiger partial charge in [0.25, 0.3) is 0 Å². The molecule has 2 atom stereocenters. The summed E-state index contributed by atoms with van der Waals surface area (Å²) in [6, 6.07) is 10.2. The number of nitrogens with two attached hydrogens (primary N) is 1. The fourth-order valence-electron chi connectivity index (χ4n) is 2.41. The van der Waals surface area contributed by atoms with Gasteiger partial charge in [0.2, 0.25) is 5.91 Å². The molecule has 0 radical (unpaired) electrons. The van der Waals surface area contributed by atoms with Crippen LogP contribution in [0.1, 0.15) is 24.8 Å². The van der Waals surface area contributed by atoms with Gasteiger partial charge < -0.3 is 15.8 Å². The molecule has 2 rings (SSSR count). The molecule has 0 aromatic heterocycles. The molecule has 2 unspecified atom stereocenters. The second-order valence-electron chi connectivity index (χ2n) is 5.10. The van der Waals surface area contributed by atoms with Crippen molar-refractivity contribution < 1.29 is 9.53 Å². The fraction of sp³-hybridized carbons (Fsp3) is 0.533. The van der Waals surface area contributed by atoms with Gasteiger partial charge in [-0.2, -0.15) is 0 Å². The zero-order valence-electron chi connectivity index (χ0n) is 11.2. The van der Waals surface area contributed by atoms with Crippen molar-refractivity contribution in [3.63, 3.8) is 0 Å². The number of nitrogens with one attached hydrogen (secondary N) is 1. The minimum absolute atomic E-state index is 0.101. The summed E-state index contributed by atoms with van der Waals surface area (Å²) in [5.74, 6) is 0.223. The number of benzene rings is 1. The maximum absolute atomic E-state index is 11.8. The zero-order chi connectivity index (χ0) is 13.5. The third-order valence-electron chi connectivity index (χ3n) is 3.50. The van der Waals surface area contributed by atoms with Crippen LogP contribution in [0.5, 0.6) is 0 Å². The number of hydrogen-bond acceptors (Lipinski definition) is 3. The Balaban J connectivity index is 1.56. The summed E-state index contributed by atoms with van der Waals surface area (Å²) in [4.78, 5) is 11.8. The third-order valence-corrected chi connectivity index (χ3v) is 3.50. The average Bonchev–Trinajstić information content (AvgIpc) is 2.86. The second kappa shape index (κ2) is 7.26. The second-order valence-corrected chi connectivity index (χ2v) is 5.10. The Kier molecular flexibility index (Phi) is 5.36. The minimum atomic E-state index is 0.101. The number of amides is 1. The van der Waals surface area contributed by atoms with Gasteiger partial charge in [-0.05, 0) is 24.8 Å². The standard InChI is InChI=1S/C15H22N2O2/c16-14-7-6-13(10-14)15(18)17-8-9-19-11-12-4-2-1-3-5-12/h1-5,13-14H,6-11,16H2,(H,17,18). The highest BCUT2D eigenvalue weighted by molar-refractivity contribution is 5.78. The van der Waals surface area contributed by atoms with E-state index in [9.17, 15) is 4.79 Å². The smallest absolute Gasteiger partial charge is 0.223 e. The lowest BCUT2D eigenvalue weighted by atomic mass is 10.1. The van der Waals surface area contributed by atoms with E-state index in [1.807, 2.05) is 30.3 Å². The summed E-state index contributed by atoms with van der Waals surface area (Å²) in [5.41, 5.74) is 6.95. The molecule has 104 valence electrons. The van der Waals surface area contributed by atoms with Crippen molar-refractivity contribution >= 4 is 5.91 Å². The van der Waals surface area contributed by atoms with E-state index in [-0.39, 0.29) is 17.9 Å². The van der Waals surface area contributed by atoms with Gasteiger partial charge in [-0.3, -0.25) is 4.79 Å². The molecule has 1 amide bonds. The van der Waals surface area contributed by atoms with E-state index in [1.165, 1.54) is 0 Å². The van der Waals surface area contributed by atoms with Gasteiger partial charge in [0.15, 0.2) is 0 Å². The third kappa shape index (κ3) is 4.65. The summed E-state index contributed by atoms with van der Waals surface area (Å²) < 4.78 is 5.51. The molecule has 1 aliphatic carbocycles. The lowest BCUT2D eigenvalue weighted by molar-refractivity contribution is -0.125. The van der Waals surface area contributed by atoms with E-state index in [0.29, 0.717) is 19.8 Å². The Labute approximate surface area is 114 Å². The molecule has 1 aromatic rings. The van der Waals surface area contributed by atoms with Gasteiger partial charge in [0.05, 0.1) is 13.2 Å². The molecule has 4 heteroatoms. The van der Waals surface area contributed by atoms with E-state index >= 15 is 0 Å². The predicted octanol–water partition coefficient (Wildman–Crippen LogP) is 1.45. The number of hydrogen-bond donors (Lipinski definition) is 2. The quantitative estimate of drug-likeness (QED) is 0.763. The van der Waals surface area contributed by atoms with Crippen LogP contribution in [-0.2, 0) is 16.1 Å². The van der Waals surface area contributed by atoms with Crippen molar-refractivity contribution in [1.82, 2.24) is 5.32 Å². The van der Waals surface area contributed by atoms with Crippen LogP contribution in [0.15, 0.2) is 30.3 Å². The number of rotatable bonds is 6. The van der Waals surface area contributed by atoms with Crippen molar-refractivity contribution in [3.05, 3.63) is 35.9 Å². The lowest BCUT2D eigenvalue weighted by Crippen LogP contribution is -2.32. The van der Waals surface area contributed by atoms with E-state index in [0.717, 1.165) is 24.8 Å². The predicted molar refractivity (Wildman–Crippen MR) is 74.4 cm³/mol. The molecule has 0 heterocycles. The molecule has 3 N–H and O–H groups in total.